The number of fused-ring (bicyclic) bond motifs is 1. The van der Waals surface area contributed by atoms with Gasteiger partial charge in [0.2, 0.25) is 0 Å². The Morgan fingerprint density at radius 2 is 1.52 bits per heavy atom. The van der Waals surface area contributed by atoms with E-state index in [0.717, 1.165) is 5.56 Å². The van der Waals surface area contributed by atoms with Crippen molar-refractivity contribution in [2.45, 2.75) is 59.7 Å². The van der Waals surface area contributed by atoms with Crippen LogP contribution in [-0.4, -0.2) is 28.4 Å². The van der Waals surface area contributed by atoms with Gasteiger partial charge in [-0.1, -0.05) is 6.07 Å². The number of hydrogen-bond acceptors (Lipinski definition) is 6. The van der Waals surface area contributed by atoms with Crippen molar-refractivity contribution in [3.8, 4) is 0 Å². The number of carbonyl (C=O) groups excluding carboxylic acids is 2. The number of carbonyl (C=O) groups is 2. The Labute approximate surface area is 146 Å². The summed E-state index contributed by atoms with van der Waals surface area (Å²) in [5, 5.41) is 0. The molecule has 7 nitrogen and oxygen atoms in total. The summed E-state index contributed by atoms with van der Waals surface area (Å²) in [5.41, 5.74) is 0.387. The minimum absolute atomic E-state index is 0.191. The first-order chi connectivity index (χ1) is 11.4. The highest BCUT2D eigenvalue weighted by Gasteiger charge is 2.36. The normalized spacial score (nSPS) is 12.1. The van der Waals surface area contributed by atoms with Gasteiger partial charge in [0.05, 0.1) is 0 Å². The molecule has 0 radical (unpaired) electrons. The SMILES string of the molecule is Cc1ccc2oc(N(C(=O)OC(C)(C)C)C(=O)OC(C)(C)C)nc2c1. The third kappa shape index (κ3) is 4.95. The van der Waals surface area contributed by atoms with E-state index in [0.29, 0.717) is 16.0 Å². The smallest absolute Gasteiger partial charge is 0.428 e. The molecule has 0 fully saturated rings. The first-order valence-electron chi connectivity index (χ1n) is 7.99. The zero-order valence-electron chi connectivity index (χ0n) is 15.7. The van der Waals surface area contributed by atoms with Crippen LogP contribution in [0.25, 0.3) is 11.1 Å². The van der Waals surface area contributed by atoms with Crippen molar-refractivity contribution in [1.29, 1.82) is 0 Å². The number of amides is 2. The van der Waals surface area contributed by atoms with Gasteiger partial charge in [-0.3, -0.25) is 0 Å². The molecule has 0 N–H and O–H groups in total. The molecule has 0 saturated heterocycles. The molecule has 136 valence electrons. The summed E-state index contributed by atoms with van der Waals surface area (Å²) < 4.78 is 16.2. The average Bonchev–Trinajstić information content (AvgIpc) is 2.76. The zero-order chi connectivity index (χ0) is 19.0. The van der Waals surface area contributed by atoms with Crippen LogP contribution in [0.2, 0.25) is 0 Å². The van der Waals surface area contributed by atoms with Gasteiger partial charge >= 0.3 is 18.2 Å². The van der Waals surface area contributed by atoms with Crippen molar-refractivity contribution in [2.75, 3.05) is 4.90 Å². The molecule has 0 bridgehead atoms. The van der Waals surface area contributed by atoms with Gasteiger partial charge in [0.25, 0.3) is 0 Å². The molecule has 2 aromatic rings. The van der Waals surface area contributed by atoms with E-state index in [4.69, 9.17) is 13.9 Å². The molecule has 2 rings (SSSR count). The summed E-state index contributed by atoms with van der Waals surface area (Å²) in [5.74, 6) is 0. The highest BCUT2D eigenvalue weighted by molar-refractivity contribution is 6.08. The van der Waals surface area contributed by atoms with Crippen molar-refractivity contribution in [1.82, 2.24) is 4.98 Å². The van der Waals surface area contributed by atoms with Gasteiger partial charge in [-0.25, -0.2) is 9.59 Å². The van der Waals surface area contributed by atoms with E-state index in [-0.39, 0.29) is 6.01 Å². The molecule has 2 amide bonds. The van der Waals surface area contributed by atoms with E-state index in [1.807, 2.05) is 13.0 Å². The Kier molecular flexibility index (Phi) is 4.79. The third-order valence-electron chi connectivity index (χ3n) is 2.88. The topological polar surface area (TPSA) is 81.9 Å². The van der Waals surface area contributed by atoms with Crippen LogP contribution in [0.1, 0.15) is 47.1 Å². The largest absolute Gasteiger partial charge is 0.443 e. The number of hydrogen-bond donors (Lipinski definition) is 0. The Morgan fingerprint density at radius 1 is 1.00 bits per heavy atom. The van der Waals surface area contributed by atoms with Gasteiger partial charge in [0.1, 0.15) is 16.7 Å². The first-order valence-corrected chi connectivity index (χ1v) is 7.99. The molecular weight excluding hydrogens is 324 g/mol. The molecule has 0 atom stereocenters. The van der Waals surface area contributed by atoms with E-state index in [2.05, 4.69) is 4.98 Å². The number of nitrogens with zero attached hydrogens (tertiary/aromatic N) is 2. The summed E-state index contributed by atoms with van der Waals surface area (Å²) in [4.78, 5) is 30.0. The molecule has 25 heavy (non-hydrogen) atoms. The van der Waals surface area contributed by atoms with Crippen LogP contribution in [0, 0.1) is 6.92 Å². The van der Waals surface area contributed by atoms with Crippen LogP contribution >= 0.6 is 0 Å². The minimum Gasteiger partial charge on any atom is -0.443 e. The number of benzene rings is 1. The fraction of sp³-hybridized carbons (Fsp3) is 0.500. The maximum Gasteiger partial charge on any atom is 0.428 e. The maximum atomic E-state index is 12.5. The van der Waals surface area contributed by atoms with E-state index >= 15 is 0 Å². The van der Waals surface area contributed by atoms with Crippen LogP contribution in [0.15, 0.2) is 22.6 Å². The van der Waals surface area contributed by atoms with Crippen molar-refractivity contribution in [2.24, 2.45) is 0 Å². The predicted octanol–water partition coefficient (Wildman–Crippen LogP) is 4.81. The number of ether oxygens (including phenoxy) is 2. The highest BCUT2D eigenvalue weighted by Crippen LogP contribution is 2.26. The lowest BCUT2D eigenvalue weighted by atomic mass is 10.2. The first kappa shape index (κ1) is 18.8. The Balaban J connectivity index is 2.44. The van der Waals surface area contributed by atoms with Gasteiger partial charge in [-0.05, 0) is 66.2 Å². The summed E-state index contributed by atoms with van der Waals surface area (Å²) in [6.07, 6.45) is -1.82. The van der Waals surface area contributed by atoms with E-state index < -0.39 is 23.4 Å². The molecule has 0 aliphatic rings. The number of anilines is 1. The number of aryl methyl sites for hydroxylation is 1. The fourth-order valence-electron chi connectivity index (χ4n) is 1.97. The maximum absolute atomic E-state index is 12.5. The van der Waals surface area contributed by atoms with E-state index in [1.54, 1.807) is 53.7 Å². The molecule has 1 aromatic carbocycles. The Hall–Kier alpha value is -2.57. The third-order valence-corrected chi connectivity index (χ3v) is 2.88. The standard InChI is InChI=1S/C18H24N2O5/c1-11-8-9-13-12(10-11)19-14(23-13)20(15(21)24-17(2,3)4)16(22)25-18(5,6)7/h8-10H,1-7H3. The second-order valence-corrected chi connectivity index (χ2v) is 7.76. The van der Waals surface area contributed by atoms with Crippen molar-refractivity contribution in [3.63, 3.8) is 0 Å². The molecular formula is C18H24N2O5. The van der Waals surface area contributed by atoms with Gasteiger partial charge in [0, 0.05) is 0 Å². The summed E-state index contributed by atoms with van der Waals surface area (Å²) >= 11 is 0. The molecule has 1 aromatic heterocycles. The summed E-state index contributed by atoms with van der Waals surface area (Å²) in [7, 11) is 0. The van der Waals surface area contributed by atoms with Crippen LogP contribution in [-0.2, 0) is 9.47 Å². The molecule has 0 aliphatic heterocycles. The lowest BCUT2D eigenvalue weighted by Gasteiger charge is -2.26. The molecule has 7 heteroatoms. The van der Waals surface area contributed by atoms with Crippen molar-refractivity contribution in [3.05, 3.63) is 23.8 Å². The number of oxazole rings is 1. The van der Waals surface area contributed by atoms with Crippen LogP contribution in [0.4, 0.5) is 15.6 Å². The van der Waals surface area contributed by atoms with Crippen molar-refractivity contribution >= 4 is 29.3 Å². The van der Waals surface area contributed by atoms with E-state index in [1.165, 1.54) is 0 Å². The molecule has 0 saturated carbocycles. The zero-order valence-corrected chi connectivity index (χ0v) is 15.7. The second kappa shape index (κ2) is 6.38. The molecule has 0 spiro atoms. The van der Waals surface area contributed by atoms with Gasteiger partial charge in [-0.15, -0.1) is 4.90 Å². The average molecular weight is 348 g/mol. The predicted molar refractivity (Wildman–Crippen MR) is 93.7 cm³/mol. The molecule has 0 unspecified atom stereocenters. The number of rotatable bonds is 1. The summed E-state index contributed by atoms with van der Waals surface area (Å²) in [6.45, 7) is 12.1. The quantitative estimate of drug-likeness (QED) is 0.735. The lowest BCUT2D eigenvalue weighted by molar-refractivity contribution is 0.0420. The second-order valence-electron chi connectivity index (χ2n) is 7.76. The van der Waals surface area contributed by atoms with Gasteiger partial charge < -0.3 is 13.9 Å². The summed E-state index contributed by atoms with van der Waals surface area (Å²) in [6, 6.07) is 5.18. The minimum atomic E-state index is -0.912. The van der Waals surface area contributed by atoms with Gasteiger partial charge in [-0.2, -0.15) is 4.98 Å². The molecule has 1 heterocycles. The van der Waals surface area contributed by atoms with E-state index in [9.17, 15) is 9.59 Å². The lowest BCUT2D eigenvalue weighted by Crippen LogP contribution is -2.44. The molecule has 0 aliphatic carbocycles. The van der Waals surface area contributed by atoms with Crippen LogP contribution in [0.5, 0.6) is 0 Å². The van der Waals surface area contributed by atoms with Crippen molar-refractivity contribution < 1.29 is 23.5 Å². The number of imide groups is 1. The monoisotopic (exact) mass is 348 g/mol. The van der Waals surface area contributed by atoms with Crippen LogP contribution < -0.4 is 4.90 Å². The Morgan fingerprint density at radius 3 is 2.00 bits per heavy atom. The Bertz CT molecular complexity index is 768. The number of aromatic nitrogens is 1. The van der Waals surface area contributed by atoms with Crippen LogP contribution in [0.3, 0.4) is 0 Å². The fourth-order valence-corrected chi connectivity index (χ4v) is 1.97. The highest BCUT2D eigenvalue weighted by atomic mass is 16.6. The van der Waals surface area contributed by atoms with Gasteiger partial charge in [0.15, 0.2) is 5.58 Å².